The number of hydrogen-bond donors (Lipinski definition) is 2. The van der Waals surface area contributed by atoms with E-state index in [-0.39, 0.29) is 6.54 Å². The summed E-state index contributed by atoms with van der Waals surface area (Å²) >= 11 is 0. The molecule has 1 heterocycles. The van der Waals surface area contributed by atoms with E-state index in [0.717, 1.165) is 17.0 Å². The third-order valence-corrected chi connectivity index (χ3v) is 1.91. The zero-order valence-electron chi connectivity index (χ0n) is 8.00. The van der Waals surface area contributed by atoms with Crippen LogP contribution in [0.3, 0.4) is 0 Å². The first-order valence-electron chi connectivity index (χ1n) is 4.18. The van der Waals surface area contributed by atoms with Crippen molar-refractivity contribution in [3.63, 3.8) is 0 Å². The average Bonchev–Trinajstić information content (AvgIpc) is 2.33. The van der Waals surface area contributed by atoms with Gasteiger partial charge in [-0.2, -0.15) is 18.3 Å². The Kier molecular flexibility index (Phi) is 3.15. The molecule has 0 bridgehead atoms. The molecule has 1 rings (SSSR count). The fraction of sp³-hybridized carbons (Fsp3) is 0.625. The molecule has 80 valence electrons. The van der Waals surface area contributed by atoms with Gasteiger partial charge in [0.1, 0.15) is 0 Å². The van der Waals surface area contributed by atoms with Gasteiger partial charge in [-0.05, 0) is 13.8 Å². The van der Waals surface area contributed by atoms with E-state index in [1.165, 1.54) is 0 Å². The average molecular weight is 207 g/mol. The Morgan fingerprint density at radius 3 is 2.43 bits per heavy atom. The molecule has 0 aliphatic rings. The molecule has 0 saturated heterocycles. The Bertz CT molecular complexity index is 284. The number of alkyl halides is 3. The standard InChI is InChI=1S/C8H12F3N3/c1-5-7(6(2)14-13-5)3-12-4-8(9,10)11/h12H,3-4H2,1-2H3,(H,13,14). The zero-order chi connectivity index (χ0) is 10.8. The summed E-state index contributed by atoms with van der Waals surface area (Å²) in [5, 5.41) is 8.92. The van der Waals surface area contributed by atoms with Crippen LogP contribution in [0, 0.1) is 13.8 Å². The predicted molar refractivity (Wildman–Crippen MR) is 45.8 cm³/mol. The van der Waals surface area contributed by atoms with Crippen LogP contribution < -0.4 is 5.32 Å². The van der Waals surface area contributed by atoms with Gasteiger partial charge in [0.2, 0.25) is 0 Å². The highest BCUT2D eigenvalue weighted by molar-refractivity contribution is 5.22. The van der Waals surface area contributed by atoms with Crippen molar-refractivity contribution in [1.82, 2.24) is 15.5 Å². The van der Waals surface area contributed by atoms with E-state index in [4.69, 9.17) is 0 Å². The van der Waals surface area contributed by atoms with Crippen molar-refractivity contribution in [2.24, 2.45) is 0 Å². The van der Waals surface area contributed by atoms with E-state index >= 15 is 0 Å². The molecule has 2 N–H and O–H groups in total. The Morgan fingerprint density at radius 2 is 2.00 bits per heavy atom. The van der Waals surface area contributed by atoms with Crippen LogP contribution in [0.2, 0.25) is 0 Å². The first kappa shape index (κ1) is 11.0. The van der Waals surface area contributed by atoms with E-state index < -0.39 is 12.7 Å². The first-order valence-corrected chi connectivity index (χ1v) is 4.18. The number of H-pyrrole nitrogens is 1. The summed E-state index contributed by atoms with van der Waals surface area (Å²) in [6.07, 6.45) is -4.16. The molecule has 0 spiro atoms. The summed E-state index contributed by atoms with van der Waals surface area (Å²) in [5.74, 6) is 0. The smallest absolute Gasteiger partial charge is 0.304 e. The van der Waals surface area contributed by atoms with Crippen molar-refractivity contribution >= 4 is 0 Å². The molecule has 6 heteroatoms. The zero-order valence-corrected chi connectivity index (χ0v) is 8.00. The van der Waals surface area contributed by atoms with Crippen molar-refractivity contribution < 1.29 is 13.2 Å². The van der Waals surface area contributed by atoms with E-state index in [0.29, 0.717) is 0 Å². The minimum Gasteiger partial charge on any atom is -0.304 e. The lowest BCUT2D eigenvalue weighted by atomic mass is 10.2. The van der Waals surface area contributed by atoms with Crippen molar-refractivity contribution in [3.8, 4) is 0 Å². The summed E-state index contributed by atoms with van der Waals surface area (Å²) in [6.45, 7) is 2.75. The van der Waals surface area contributed by atoms with Gasteiger partial charge in [0.25, 0.3) is 0 Å². The number of rotatable bonds is 3. The maximum atomic E-state index is 11.8. The molecule has 0 fully saturated rings. The van der Waals surface area contributed by atoms with Crippen molar-refractivity contribution in [2.45, 2.75) is 26.6 Å². The Morgan fingerprint density at radius 1 is 1.36 bits per heavy atom. The van der Waals surface area contributed by atoms with Crippen LogP contribution in [0.4, 0.5) is 13.2 Å². The number of nitrogens with zero attached hydrogens (tertiary/aromatic N) is 1. The second kappa shape index (κ2) is 4.00. The minimum atomic E-state index is -4.16. The SMILES string of the molecule is Cc1n[nH]c(C)c1CNCC(F)(F)F. The highest BCUT2D eigenvalue weighted by atomic mass is 19.4. The maximum absolute atomic E-state index is 11.8. The maximum Gasteiger partial charge on any atom is 0.401 e. The number of aryl methyl sites for hydroxylation is 2. The van der Waals surface area contributed by atoms with Crippen molar-refractivity contribution in [2.75, 3.05) is 6.54 Å². The lowest BCUT2D eigenvalue weighted by Crippen LogP contribution is -2.28. The van der Waals surface area contributed by atoms with Gasteiger partial charge >= 0.3 is 6.18 Å². The summed E-state index contributed by atoms with van der Waals surface area (Å²) in [5.41, 5.74) is 2.34. The van der Waals surface area contributed by atoms with Gasteiger partial charge < -0.3 is 5.32 Å². The third-order valence-electron chi connectivity index (χ3n) is 1.91. The molecular formula is C8H12F3N3. The summed E-state index contributed by atoms with van der Waals surface area (Å²) in [6, 6.07) is 0. The second-order valence-electron chi connectivity index (χ2n) is 3.13. The lowest BCUT2D eigenvalue weighted by Gasteiger charge is -2.07. The summed E-state index contributed by atoms with van der Waals surface area (Å²) in [4.78, 5) is 0. The molecule has 0 amide bonds. The van der Waals surface area contributed by atoms with Crippen LogP contribution in [0.1, 0.15) is 17.0 Å². The molecule has 14 heavy (non-hydrogen) atoms. The molecule has 1 aromatic heterocycles. The van der Waals surface area contributed by atoms with Crippen LogP contribution in [0.5, 0.6) is 0 Å². The Labute approximate surface area is 79.7 Å². The van der Waals surface area contributed by atoms with E-state index in [9.17, 15) is 13.2 Å². The van der Waals surface area contributed by atoms with E-state index in [1.54, 1.807) is 13.8 Å². The van der Waals surface area contributed by atoms with Gasteiger partial charge in [0.05, 0.1) is 12.2 Å². The monoisotopic (exact) mass is 207 g/mol. The van der Waals surface area contributed by atoms with Gasteiger partial charge in [-0.3, -0.25) is 5.10 Å². The fourth-order valence-electron chi connectivity index (χ4n) is 1.16. The molecule has 0 aliphatic carbocycles. The van der Waals surface area contributed by atoms with Crippen LogP contribution in [-0.2, 0) is 6.54 Å². The van der Waals surface area contributed by atoms with Crippen LogP contribution in [-0.4, -0.2) is 22.9 Å². The number of aromatic amines is 1. The first-order chi connectivity index (χ1) is 6.40. The number of hydrogen-bond acceptors (Lipinski definition) is 2. The normalized spacial score (nSPS) is 12.1. The fourth-order valence-corrected chi connectivity index (χ4v) is 1.16. The lowest BCUT2D eigenvalue weighted by molar-refractivity contribution is -0.125. The van der Waals surface area contributed by atoms with Crippen molar-refractivity contribution in [1.29, 1.82) is 0 Å². The van der Waals surface area contributed by atoms with Crippen LogP contribution >= 0.6 is 0 Å². The molecule has 0 atom stereocenters. The third kappa shape index (κ3) is 3.02. The molecule has 0 aromatic carbocycles. The summed E-state index contributed by atoms with van der Waals surface area (Å²) in [7, 11) is 0. The molecule has 1 aromatic rings. The van der Waals surface area contributed by atoms with Crippen LogP contribution in [0.15, 0.2) is 0 Å². The Balaban J connectivity index is 2.46. The van der Waals surface area contributed by atoms with Crippen molar-refractivity contribution in [3.05, 3.63) is 17.0 Å². The Hall–Kier alpha value is -1.04. The minimum absolute atomic E-state index is 0.188. The second-order valence-corrected chi connectivity index (χ2v) is 3.13. The topological polar surface area (TPSA) is 40.7 Å². The van der Waals surface area contributed by atoms with E-state index in [1.807, 2.05) is 0 Å². The molecule has 0 unspecified atom stereocenters. The van der Waals surface area contributed by atoms with Gasteiger partial charge in [0, 0.05) is 17.8 Å². The molecule has 0 radical (unpaired) electrons. The quantitative estimate of drug-likeness (QED) is 0.791. The van der Waals surface area contributed by atoms with Crippen LogP contribution in [0.25, 0.3) is 0 Å². The molecule has 3 nitrogen and oxygen atoms in total. The number of aromatic nitrogens is 2. The highest BCUT2D eigenvalue weighted by Crippen LogP contribution is 2.13. The largest absolute Gasteiger partial charge is 0.401 e. The number of halogens is 3. The van der Waals surface area contributed by atoms with E-state index in [2.05, 4.69) is 15.5 Å². The summed E-state index contributed by atoms with van der Waals surface area (Å²) < 4.78 is 35.4. The van der Waals surface area contributed by atoms with Gasteiger partial charge in [-0.1, -0.05) is 0 Å². The molecule has 0 aliphatic heterocycles. The van der Waals surface area contributed by atoms with Gasteiger partial charge in [-0.25, -0.2) is 0 Å². The molecule has 0 saturated carbocycles. The molecular weight excluding hydrogens is 195 g/mol. The number of nitrogens with one attached hydrogen (secondary N) is 2. The van der Waals surface area contributed by atoms with Gasteiger partial charge in [-0.15, -0.1) is 0 Å². The highest BCUT2D eigenvalue weighted by Gasteiger charge is 2.26. The van der Waals surface area contributed by atoms with Gasteiger partial charge in [0.15, 0.2) is 0 Å². The predicted octanol–water partition coefficient (Wildman–Crippen LogP) is 1.68.